The number of nitrogens with two attached hydrogens (primary N) is 1. The molecule has 1 aliphatic carbocycles. The van der Waals surface area contributed by atoms with Gasteiger partial charge in [-0.3, -0.25) is 0 Å². The third kappa shape index (κ3) is 1.50. The van der Waals surface area contributed by atoms with Gasteiger partial charge in [0.2, 0.25) is 0 Å². The van der Waals surface area contributed by atoms with Gasteiger partial charge in [-0.1, -0.05) is 13.3 Å². The van der Waals surface area contributed by atoms with Crippen LogP contribution in [0.15, 0.2) is 0 Å². The molecule has 0 unspecified atom stereocenters. The van der Waals surface area contributed by atoms with Crippen molar-refractivity contribution in [3.05, 3.63) is 0 Å². The molecule has 0 radical (unpaired) electrons. The summed E-state index contributed by atoms with van der Waals surface area (Å²) in [4.78, 5) is 0. The maximum atomic E-state index is 9.41. The first-order valence-corrected chi connectivity index (χ1v) is 4.19. The second kappa shape index (κ2) is 3.35. The molecule has 0 heterocycles. The van der Waals surface area contributed by atoms with Crippen LogP contribution in [0.2, 0.25) is 0 Å². The van der Waals surface area contributed by atoms with E-state index < -0.39 is 0 Å². The lowest BCUT2D eigenvalue weighted by Crippen LogP contribution is -2.34. The van der Waals surface area contributed by atoms with Gasteiger partial charge in [-0.05, 0) is 25.2 Å². The summed E-state index contributed by atoms with van der Waals surface area (Å²) in [6.45, 7) is 2.08. The predicted octanol–water partition coefficient (Wildman–Crippen LogP) is 0.885. The van der Waals surface area contributed by atoms with E-state index >= 15 is 0 Å². The van der Waals surface area contributed by atoms with Gasteiger partial charge < -0.3 is 10.8 Å². The molecular weight excluding hydrogens is 126 g/mol. The minimum atomic E-state index is -0.116. The topological polar surface area (TPSA) is 46.2 Å². The lowest BCUT2D eigenvalue weighted by molar-refractivity contribution is 0.117. The zero-order valence-corrected chi connectivity index (χ0v) is 6.59. The molecule has 0 aromatic carbocycles. The molecule has 3 N–H and O–H groups in total. The first kappa shape index (κ1) is 8.02. The number of hydrogen-bond donors (Lipinski definition) is 2. The molecule has 60 valence electrons. The molecule has 1 saturated carbocycles. The van der Waals surface area contributed by atoms with E-state index in [9.17, 15) is 5.11 Å². The standard InChI is InChI=1S/C8H17NO/c1-2-7(9)6-4-3-5-8(6)10/h6-8,10H,2-5,9H2,1H3/t6-,7-,8-/m1/s1. The van der Waals surface area contributed by atoms with Gasteiger partial charge in [-0.15, -0.1) is 0 Å². The van der Waals surface area contributed by atoms with Gasteiger partial charge in [-0.2, -0.15) is 0 Å². The maximum absolute atomic E-state index is 9.41. The monoisotopic (exact) mass is 143 g/mol. The van der Waals surface area contributed by atoms with Crippen molar-refractivity contribution in [1.82, 2.24) is 0 Å². The highest BCUT2D eigenvalue weighted by atomic mass is 16.3. The summed E-state index contributed by atoms with van der Waals surface area (Å²) in [5, 5.41) is 9.41. The second-order valence-electron chi connectivity index (χ2n) is 3.23. The van der Waals surface area contributed by atoms with E-state index in [2.05, 4.69) is 6.92 Å². The molecule has 0 bridgehead atoms. The highest BCUT2D eigenvalue weighted by Gasteiger charge is 2.28. The second-order valence-corrected chi connectivity index (χ2v) is 3.23. The Morgan fingerprint density at radius 2 is 2.30 bits per heavy atom. The number of aliphatic hydroxyl groups excluding tert-OH is 1. The Labute approximate surface area is 62.4 Å². The Hall–Kier alpha value is -0.0800. The van der Waals surface area contributed by atoms with Gasteiger partial charge in [0, 0.05) is 6.04 Å². The van der Waals surface area contributed by atoms with Crippen molar-refractivity contribution in [2.45, 2.75) is 44.8 Å². The van der Waals surface area contributed by atoms with Gasteiger partial charge in [-0.25, -0.2) is 0 Å². The van der Waals surface area contributed by atoms with E-state index in [1.54, 1.807) is 0 Å². The Kier molecular flexibility index (Phi) is 2.69. The summed E-state index contributed by atoms with van der Waals surface area (Å²) >= 11 is 0. The van der Waals surface area contributed by atoms with Gasteiger partial charge >= 0.3 is 0 Å². The lowest BCUT2D eigenvalue weighted by atomic mass is 9.95. The summed E-state index contributed by atoms with van der Waals surface area (Å²) in [5.41, 5.74) is 5.81. The van der Waals surface area contributed by atoms with Crippen molar-refractivity contribution in [3.8, 4) is 0 Å². The van der Waals surface area contributed by atoms with E-state index in [1.165, 1.54) is 0 Å². The van der Waals surface area contributed by atoms with Gasteiger partial charge in [0.1, 0.15) is 0 Å². The average molecular weight is 143 g/mol. The summed E-state index contributed by atoms with van der Waals surface area (Å²) < 4.78 is 0. The van der Waals surface area contributed by atoms with Crippen LogP contribution in [-0.2, 0) is 0 Å². The molecule has 1 rings (SSSR count). The number of rotatable bonds is 2. The summed E-state index contributed by atoms with van der Waals surface area (Å²) in [6, 6.07) is 0.220. The highest BCUT2D eigenvalue weighted by molar-refractivity contribution is 4.83. The summed E-state index contributed by atoms with van der Waals surface area (Å²) in [7, 11) is 0. The van der Waals surface area contributed by atoms with Crippen LogP contribution in [0.25, 0.3) is 0 Å². The number of aliphatic hydroxyl groups is 1. The SMILES string of the molecule is CC[C@@H](N)[C@H]1CCC[C@H]1O. The van der Waals surface area contributed by atoms with Crippen molar-refractivity contribution in [2.75, 3.05) is 0 Å². The van der Waals surface area contributed by atoms with E-state index in [4.69, 9.17) is 5.73 Å². The Morgan fingerprint density at radius 3 is 2.70 bits per heavy atom. The molecule has 0 saturated heterocycles. The molecule has 1 fully saturated rings. The Bertz CT molecular complexity index is 105. The minimum absolute atomic E-state index is 0.116. The van der Waals surface area contributed by atoms with Crippen molar-refractivity contribution >= 4 is 0 Å². The van der Waals surface area contributed by atoms with Gasteiger partial charge in [0.25, 0.3) is 0 Å². The lowest BCUT2D eigenvalue weighted by Gasteiger charge is -2.20. The molecule has 1 aliphatic rings. The molecule has 0 spiro atoms. The van der Waals surface area contributed by atoms with Crippen LogP contribution in [-0.4, -0.2) is 17.3 Å². The molecule has 2 nitrogen and oxygen atoms in total. The van der Waals surface area contributed by atoms with Crippen LogP contribution in [0, 0.1) is 5.92 Å². The van der Waals surface area contributed by atoms with Gasteiger partial charge in [0.05, 0.1) is 6.10 Å². The first-order valence-electron chi connectivity index (χ1n) is 4.19. The molecule has 3 atom stereocenters. The highest BCUT2D eigenvalue weighted by Crippen LogP contribution is 2.28. The predicted molar refractivity (Wildman–Crippen MR) is 41.6 cm³/mol. The van der Waals surface area contributed by atoms with Gasteiger partial charge in [0.15, 0.2) is 0 Å². The fourth-order valence-electron chi connectivity index (χ4n) is 1.77. The molecule has 10 heavy (non-hydrogen) atoms. The minimum Gasteiger partial charge on any atom is -0.393 e. The normalized spacial score (nSPS) is 36.3. The molecule has 0 aromatic heterocycles. The summed E-state index contributed by atoms with van der Waals surface area (Å²) in [5.74, 6) is 0.380. The van der Waals surface area contributed by atoms with Crippen molar-refractivity contribution in [2.24, 2.45) is 11.7 Å². The van der Waals surface area contributed by atoms with Crippen molar-refractivity contribution in [1.29, 1.82) is 0 Å². The molecule has 0 aliphatic heterocycles. The third-order valence-corrected chi connectivity index (χ3v) is 2.55. The molecule has 2 heteroatoms. The van der Waals surface area contributed by atoms with Crippen LogP contribution >= 0.6 is 0 Å². The van der Waals surface area contributed by atoms with Crippen molar-refractivity contribution < 1.29 is 5.11 Å². The number of hydrogen-bond acceptors (Lipinski definition) is 2. The fourth-order valence-corrected chi connectivity index (χ4v) is 1.77. The first-order chi connectivity index (χ1) is 4.75. The van der Waals surface area contributed by atoms with E-state index in [1.807, 2.05) is 0 Å². The smallest absolute Gasteiger partial charge is 0.0583 e. The van der Waals surface area contributed by atoms with Crippen molar-refractivity contribution in [3.63, 3.8) is 0 Å². The zero-order valence-electron chi connectivity index (χ0n) is 6.59. The van der Waals surface area contributed by atoms with E-state index in [0.717, 1.165) is 25.7 Å². The quantitative estimate of drug-likeness (QED) is 0.603. The summed E-state index contributed by atoms with van der Waals surface area (Å²) in [6.07, 6.45) is 4.10. The maximum Gasteiger partial charge on any atom is 0.0583 e. The molecular formula is C8H17NO. The van der Waals surface area contributed by atoms with Crippen LogP contribution in [0.4, 0.5) is 0 Å². The van der Waals surface area contributed by atoms with Crippen LogP contribution < -0.4 is 5.73 Å². The zero-order chi connectivity index (χ0) is 7.56. The third-order valence-electron chi connectivity index (χ3n) is 2.55. The Balaban J connectivity index is 2.38. The molecule has 0 amide bonds. The molecule has 0 aromatic rings. The Morgan fingerprint density at radius 1 is 1.60 bits per heavy atom. The van der Waals surface area contributed by atoms with Crippen LogP contribution in [0.5, 0.6) is 0 Å². The van der Waals surface area contributed by atoms with Crippen LogP contribution in [0.1, 0.15) is 32.6 Å². The average Bonchev–Trinajstić information content (AvgIpc) is 2.34. The van der Waals surface area contributed by atoms with E-state index in [0.29, 0.717) is 5.92 Å². The fraction of sp³-hybridized carbons (Fsp3) is 1.00. The largest absolute Gasteiger partial charge is 0.393 e. The van der Waals surface area contributed by atoms with E-state index in [-0.39, 0.29) is 12.1 Å². The van der Waals surface area contributed by atoms with Crippen LogP contribution in [0.3, 0.4) is 0 Å².